The molecule has 0 radical (unpaired) electrons. The van der Waals surface area contributed by atoms with Gasteiger partial charge >= 0.3 is 0 Å². The molecule has 0 aromatic heterocycles. The van der Waals surface area contributed by atoms with E-state index in [4.69, 9.17) is 0 Å². The Balaban J connectivity index is 3.13. The van der Waals surface area contributed by atoms with Gasteiger partial charge in [-0.3, -0.25) is 0 Å². The highest BCUT2D eigenvalue weighted by Crippen LogP contribution is 2.43. The van der Waals surface area contributed by atoms with E-state index in [1.807, 2.05) is 0 Å². The van der Waals surface area contributed by atoms with Gasteiger partial charge in [0.05, 0.1) is 0 Å². The molecule has 0 aromatic carbocycles. The Labute approximate surface area is 96.2 Å². The highest BCUT2D eigenvalue weighted by atomic mass is 14.3. The third kappa shape index (κ3) is 3.36. The molecule has 0 saturated carbocycles. The van der Waals surface area contributed by atoms with Crippen LogP contribution in [0.3, 0.4) is 0 Å². The zero-order valence-corrected chi connectivity index (χ0v) is 11.5. The smallest absolute Gasteiger partial charge is 0.0170 e. The maximum Gasteiger partial charge on any atom is -0.0170 e. The molecule has 0 spiro atoms. The minimum Gasteiger partial charge on any atom is -0.0651 e. The third-order valence-electron chi connectivity index (χ3n) is 3.53. The van der Waals surface area contributed by atoms with E-state index >= 15 is 0 Å². The summed E-state index contributed by atoms with van der Waals surface area (Å²) in [6, 6.07) is 0. The molecular formula is C15H28. The summed E-state index contributed by atoms with van der Waals surface area (Å²) in [6.45, 7) is 14.2. The normalized spacial score (nSPS) is 20.4. The van der Waals surface area contributed by atoms with Gasteiger partial charge in [0.25, 0.3) is 0 Å². The molecule has 0 unspecified atom stereocenters. The number of hydrogen-bond donors (Lipinski definition) is 0. The fourth-order valence-corrected chi connectivity index (χ4v) is 2.74. The topological polar surface area (TPSA) is 0 Å². The second-order valence-electron chi connectivity index (χ2n) is 7.02. The van der Waals surface area contributed by atoms with Crippen LogP contribution < -0.4 is 0 Å². The van der Waals surface area contributed by atoms with Gasteiger partial charge in [-0.1, -0.05) is 59.1 Å². The molecule has 1 rings (SSSR count). The van der Waals surface area contributed by atoms with Crippen molar-refractivity contribution in [3.05, 3.63) is 11.1 Å². The van der Waals surface area contributed by atoms with Crippen LogP contribution in [0.25, 0.3) is 0 Å². The Bertz CT molecular complexity index is 216. The van der Waals surface area contributed by atoms with Gasteiger partial charge in [0.1, 0.15) is 0 Å². The number of allylic oxidation sites excluding steroid dienone is 2. The molecule has 0 heterocycles. The van der Waals surface area contributed by atoms with Crippen molar-refractivity contribution in [2.45, 2.75) is 73.6 Å². The quantitative estimate of drug-likeness (QED) is 0.471. The first kappa shape index (κ1) is 12.8. The summed E-state index contributed by atoms with van der Waals surface area (Å²) >= 11 is 0. The van der Waals surface area contributed by atoms with Crippen LogP contribution in [-0.4, -0.2) is 0 Å². The highest BCUT2D eigenvalue weighted by molar-refractivity contribution is 5.25. The predicted molar refractivity (Wildman–Crippen MR) is 69.0 cm³/mol. The van der Waals surface area contributed by atoms with Gasteiger partial charge in [-0.25, -0.2) is 0 Å². The number of rotatable bonds is 0. The van der Waals surface area contributed by atoms with Crippen molar-refractivity contribution < 1.29 is 0 Å². The summed E-state index contributed by atoms with van der Waals surface area (Å²) in [5.41, 5.74) is 4.22. The Kier molecular flexibility index (Phi) is 3.68. The molecule has 1 aliphatic carbocycles. The van der Waals surface area contributed by atoms with Crippen molar-refractivity contribution in [1.29, 1.82) is 0 Å². The van der Waals surface area contributed by atoms with Crippen LogP contribution >= 0.6 is 0 Å². The molecular weight excluding hydrogens is 180 g/mol. The van der Waals surface area contributed by atoms with E-state index in [0.717, 1.165) is 0 Å². The lowest BCUT2D eigenvalue weighted by molar-refractivity contribution is 0.424. The van der Waals surface area contributed by atoms with Crippen molar-refractivity contribution in [2.75, 3.05) is 0 Å². The molecule has 0 amide bonds. The standard InChI is InChI=1S/C15H28/c1-14(2,3)12-10-8-7-9-11-13(12)15(4,5)6/h7-11H2,1-6H3. The molecule has 88 valence electrons. The second kappa shape index (κ2) is 4.31. The van der Waals surface area contributed by atoms with Gasteiger partial charge in [-0.2, -0.15) is 0 Å². The van der Waals surface area contributed by atoms with Crippen LogP contribution in [0.5, 0.6) is 0 Å². The lowest BCUT2D eigenvalue weighted by atomic mass is 9.73. The third-order valence-corrected chi connectivity index (χ3v) is 3.53. The summed E-state index contributed by atoms with van der Waals surface area (Å²) in [5.74, 6) is 0. The van der Waals surface area contributed by atoms with Crippen molar-refractivity contribution in [3.8, 4) is 0 Å². The SMILES string of the molecule is CC(C)(C)C1=C(C(C)(C)C)CCCCC1. The van der Waals surface area contributed by atoms with E-state index < -0.39 is 0 Å². The summed E-state index contributed by atoms with van der Waals surface area (Å²) < 4.78 is 0. The van der Waals surface area contributed by atoms with E-state index in [1.165, 1.54) is 32.1 Å². The molecule has 1 aliphatic rings. The molecule has 15 heavy (non-hydrogen) atoms. The molecule has 0 N–H and O–H groups in total. The van der Waals surface area contributed by atoms with Gasteiger partial charge in [0.2, 0.25) is 0 Å². The van der Waals surface area contributed by atoms with E-state index in [9.17, 15) is 0 Å². The van der Waals surface area contributed by atoms with Gasteiger partial charge in [0, 0.05) is 0 Å². The monoisotopic (exact) mass is 208 g/mol. The maximum atomic E-state index is 2.37. The lowest BCUT2D eigenvalue weighted by Gasteiger charge is -2.32. The molecule has 0 saturated heterocycles. The van der Waals surface area contributed by atoms with E-state index in [1.54, 1.807) is 11.1 Å². The van der Waals surface area contributed by atoms with E-state index in [2.05, 4.69) is 41.5 Å². The van der Waals surface area contributed by atoms with Crippen LogP contribution in [0, 0.1) is 10.8 Å². The van der Waals surface area contributed by atoms with Crippen LogP contribution in [0.2, 0.25) is 0 Å². The van der Waals surface area contributed by atoms with Crippen LogP contribution in [0.4, 0.5) is 0 Å². The second-order valence-corrected chi connectivity index (χ2v) is 7.02. The van der Waals surface area contributed by atoms with E-state index in [0.29, 0.717) is 10.8 Å². The van der Waals surface area contributed by atoms with Crippen LogP contribution in [0.15, 0.2) is 11.1 Å². The maximum absolute atomic E-state index is 2.37. The largest absolute Gasteiger partial charge is 0.0651 e. The zero-order chi connectivity index (χ0) is 11.7. The summed E-state index contributed by atoms with van der Waals surface area (Å²) in [4.78, 5) is 0. The van der Waals surface area contributed by atoms with Gasteiger partial charge in [-0.15, -0.1) is 0 Å². The van der Waals surface area contributed by atoms with Crippen molar-refractivity contribution in [3.63, 3.8) is 0 Å². The molecule has 0 bridgehead atoms. The van der Waals surface area contributed by atoms with E-state index in [-0.39, 0.29) is 0 Å². The van der Waals surface area contributed by atoms with Crippen LogP contribution in [-0.2, 0) is 0 Å². The molecule has 0 aliphatic heterocycles. The van der Waals surface area contributed by atoms with Crippen LogP contribution in [0.1, 0.15) is 73.6 Å². The van der Waals surface area contributed by atoms with Crippen molar-refractivity contribution >= 4 is 0 Å². The summed E-state index contributed by atoms with van der Waals surface area (Å²) in [7, 11) is 0. The molecule has 0 nitrogen and oxygen atoms in total. The lowest BCUT2D eigenvalue weighted by Crippen LogP contribution is -2.19. The van der Waals surface area contributed by atoms with Crippen molar-refractivity contribution in [1.82, 2.24) is 0 Å². The van der Waals surface area contributed by atoms with Gasteiger partial charge in [0.15, 0.2) is 0 Å². The first-order chi connectivity index (χ1) is 6.73. The van der Waals surface area contributed by atoms with Gasteiger partial charge < -0.3 is 0 Å². The van der Waals surface area contributed by atoms with Crippen molar-refractivity contribution in [2.24, 2.45) is 10.8 Å². The first-order valence-corrected chi connectivity index (χ1v) is 6.46. The minimum atomic E-state index is 0.368. The molecule has 0 atom stereocenters. The zero-order valence-electron chi connectivity index (χ0n) is 11.5. The Morgan fingerprint density at radius 3 is 1.20 bits per heavy atom. The Morgan fingerprint density at radius 1 is 0.600 bits per heavy atom. The predicted octanol–water partition coefficient (Wildman–Crippen LogP) is 5.34. The fourth-order valence-electron chi connectivity index (χ4n) is 2.74. The Hall–Kier alpha value is -0.260. The molecule has 0 fully saturated rings. The summed E-state index contributed by atoms with van der Waals surface area (Å²) in [5, 5.41) is 0. The highest BCUT2D eigenvalue weighted by Gasteiger charge is 2.28. The fraction of sp³-hybridized carbons (Fsp3) is 0.867. The molecule has 0 aromatic rings. The average molecular weight is 208 g/mol. The Morgan fingerprint density at radius 2 is 0.933 bits per heavy atom. The number of hydrogen-bond acceptors (Lipinski definition) is 0. The summed E-state index contributed by atoms with van der Waals surface area (Å²) in [6.07, 6.45) is 6.86. The first-order valence-electron chi connectivity index (χ1n) is 6.46. The average Bonchev–Trinajstić information content (AvgIpc) is 2.24. The minimum absolute atomic E-state index is 0.368. The van der Waals surface area contributed by atoms with Gasteiger partial charge in [-0.05, 0) is 36.5 Å². The molecule has 0 heteroatoms.